The number of fused-ring (bicyclic) bond motifs is 1. The van der Waals surface area contributed by atoms with Crippen LogP contribution in [-0.2, 0) is 16.0 Å². The second kappa shape index (κ2) is 7.14. The molecule has 5 nitrogen and oxygen atoms in total. The third kappa shape index (κ3) is 3.53. The molecule has 3 aromatic rings. The molecule has 1 N–H and O–H groups in total. The lowest BCUT2D eigenvalue weighted by Crippen LogP contribution is -2.43. The summed E-state index contributed by atoms with van der Waals surface area (Å²) in [4.78, 5) is 19.0. The zero-order valence-electron chi connectivity index (χ0n) is 14.3. The first-order chi connectivity index (χ1) is 12.7. The highest BCUT2D eigenvalue weighted by Crippen LogP contribution is 2.25. The number of carbonyl (C=O) groups is 1. The van der Waals surface area contributed by atoms with E-state index in [1.54, 1.807) is 24.4 Å². The Kier molecular flexibility index (Phi) is 4.54. The van der Waals surface area contributed by atoms with Crippen LogP contribution in [-0.4, -0.2) is 40.6 Å². The Hall–Kier alpha value is -2.92. The summed E-state index contributed by atoms with van der Waals surface area (Å²) < 4.78 is 5.79. The predicted octanol–water partition coefficient (Wildman–Crippen LogP) is 3.08. The van der Waals surface area contributed by atoms with E-state index in [9.17, 15) is 9.90 Å². The number of nitrogens with zero attached hydrogens (tertiary/aromatic N) is 2. The molecule has 1 saturated heterocycles. The molecule has 1 fully saturated rings. The maximum absolute atomic E-state index is 12.7. The lowest BCUT2D eigenvalue weighted by molar-refractivity contribution is -0.138. The van der Waals surface area contributed by atoms with Gasteiger partial charge in [0.2, 0.25) is 5.91 Å². The minimum absolute atomic E-state index is 0.0653. The SMILES string of the molecule is O=C(Cc1cnc2ccccc2c1)N1CCOC(c2cccc(O)c2)C1. The van der Waals surface area contributed by atoms with Crippen molar-refractivity contribution < 1.29 is 14.6 Å². The van der Waals surface area contributed by atoms with Gasteiger partial charge in [0.05, 0.1) is 25.1 Å². The fraction of sp³-hybridized carbons (Fsp3) is 0.238. The van der Waals surface area contributed by atoms with Gasteiger partial charge in [-0.2, -0.15) is 0 Å². The molecule has 2 aromatic carbocycles. The first kappa shape index (κ1) is 16.5. The summed E-state index contributed by atoms with van der Waals surface area (Å²) in [5.41, 5.74) is 2.72. The van der Waals surface area contributed by atoms with Crippen molar-refractivity contribution in [1.29, 1.82) is 0 Å². The lowest BCUT2D eigenvalue weighted by Gasteiger charge is -2.33. The third-order valence-corrected chi connectivity index (χ3v) is 4.66. The van der Waals surface area contributed by atoms with Gasteiger partial charge in [-0.05, 0) is 35.4 Å². The quantitative estimate of drug-likeness (QED) is 0.790. The van der Waals surface area contributed by atoms with E-state index in [1.165, 1.54) is 0 Å². The van der Waals surface area contributed by atoms with Gasteiger partial charge in [0.15, 0.2) is 0 Å². The number of benzene rings is 2. The third-order valence-electron chi connectivity index (χ3n) is 4.66. The number of morpholine rings is 1. The van der Waals surface area contributed by atoms with Gasteiger partial charge in [0.25, 0.3) is 0 Å². The van der Waals surface area contributed by atoms with Crippen LogP contribution in [0.4, 0.5) is 0 Å². The van der Waals surface area contributed by atoms with Crippen molar-refractivity contribution >= 4 is 16.8 Å². The zero-order chi connectivity index (χ0) is 17.9. The molecule has 1 atom stereocenters. The molecule has 1 unspecified atom stereocenters. The molecule has 26 heavy (non-hydrogen) atoms. The van der Waals surface area contributed by atoms with Crippen LogP contribution in [0.1, 0.15) is 17.2 Å². The van der Waals surface area contributed by atoms with E-state index in [0.717, 1.165) is 22.0 Å². The highest BCUT2D eigenvalue weighted by atomic mass is 16.5. The summed E-state index contributed by atoms with van der Waals surface area (Å²) in [5, 5.41) is 10.7. The number of aromatic nitrogens is 1. The molecule has 2 heterocycles. The molecule has 132 valence electrons. The average molecular weight is 348 g/mol. The first-order valence-electron chi connectivity index (χ1n) is 8.71. The molecule has 0 aliphatic carbocycles. The fourth-order valence-electron chi connectivity index (χ4n) is 3.30. The van der Waals surface area contributed by atoms with Gasteiger partial charge in [0.1, 0.15) is 11.9 Å². The standard InChI is InChI=1S/C21H20N2O3/c24-18-6-3-5-17(12-18)20-14-23(8-9-26-20)21(25)11-15-10-16-4-1-2-7-19(16)22-13-15/h1-7,10,12-13,20,24H,8-9,11,14H2. The largest absolute Gasteiger partial charge is 0.508 e. The number of rotatable bonds is 3. The molecule has 0 radical (unpaired) electrons. The maximum atomic E-state index is 12.7. The van der Waals surface area contributed by atoms with E-state index in [0.29, 0.717) is 26.1 Å². The van der Waals surface area contributed by atoms with E-state index in [1.807, 2.05) is 41.3 Å². The van der Waals surface area contributed by atoms with Gasteiger partial charge < -0.3 is 14.7 Å². The minimum Gasteiger partial charge on any atom is -0.508 e. The van der Waals surface area contributed by atoms with Gasteiger partial charge in [-0.1, -0.05) is 30.3 Å². The summed E-state index contributed by atoms with van der Waals surface area (Å²) in [5.74, 6) is 0.271. The van der Waals surface area contributed by atoms with Crippen LogP contribution in [0.25, 0.3) is 10.9 Å². The van der Waals surface area contributed by atoms with E-state index < -0.39 is 0 Å². The van der Waals surface area contributed by atoms with Gasteiger partial charge >= 0.3 is 0 Å². The summed E-state index contributed by atoms with van der Waals surface area (Å²) in [6, 6.07) is 16.9. The predicted molar refractivity (Wildman–Crippen MR) is 98.8 cm³/mol. The number of hydrogen-bond donors (Lipinski definition) is 1. The van der Waals surface area contributed by atoms with Crippen molar-refractivity contribution in [3.8, 4) is 5.75 Å². The van der Waals surface area contributed by atoms with Crippen LogP contribution in [0, 0.1) is 0 Å². The number of ether oxygens (including phenoxy) is 1. The van der Waals surface area contributed by atoms with Crippen LogP contribution in [0.5, 0.6) is 5.75 Å². The Bertz CT molecular complexity index is 941. The molecule has 1 aliphatic heterocycles. The van der Waals surface area contributed by atoms with Crippen LogP contribution in [0.2, 0.25) is 0 Å². The molecule has 0 bridgehead atoms. The molecule has 1 aliphatic rings. The van der Waals surface area contributed by atoms with Crippen molar-refractivity contribution in [2.75, 3.05) is 19.7 Å². The first-order valence-corrected chi connectivity index (χ1v) is 8.71. The Morgan fingerprint density at radius 1 is 1.19 bits per heavy atom. The summed E-state index contributed by atoms with van der Waals surface area (Å²) in [6.07, 6.45) is 1.88. The minimum atomic E-state index is -0.213. The highest BCUT2D eigenvalue weighted by molar-refractivity contribution is 5.82. The van der Waals surface area contributed by atoms with Gasteiger partial charge in [0, 0.05) is 18.1 Å². The molecule has 0 saturated carbocycles. The van der Waals surface area contributed by atoms with Gasteiger partial charge in [-0.15, -0.1) is 0 Å². The Morgan fingerprint density at radius 2 is 2.08 bits per heavy atom. The maximum Gasteiger partial charge on any atom is 0.227 e. The van der Waals surface area contributed by atoms with Gasteiger partial charge in [-0.3, -0.25) is 9.78 Å². The van der Waals surface area contributed by atoms with Crippen molar-refractivity contribution in [2.45, 2.75) is 12.5 Å². The fourth-order valence-corrected chi connectivity index (χ4v) is 3.30. The van der Waals surface area contributed by atoms with Crippen molar-refractivity contribution in [3.63, 3.8) is 0 Å². The summed E-state index contributed by atoms with van der Waals surface area (Å²) in [6.45, 7) is 1.56. The average Bonchev–Trinajstić information content (AvgIpc) is 2.68. The molecular weight excluding hydrogens is 328 g/mol. The number of carbonyl (C=O) groups excluding carboxylic acids is 1. The molecule has 1 aromatic heterocycles. The van der Waals surface area contributed by atoms with E-state index in [-0.39, 0.29) is 17.8 Å². The lowest BCUT2D eigenvalue weighted by atomic mass is 10.1. The van der Waals surface area contributed by atoms with Crippen molar-refractivity contribution in [1.82, 2.24) is 9.88 Å². The van der Waals surface area contributed by atoms with Crippen molar-refractivity contribution in [3.05, 3.63) is 71.9 Å². The van der Waals surface area contributed by atoms with Crippen LogP contribution in [0.3, 0.4) is 0 Å². The van der Waals surface area contributed by atoms with E-state index in [4.69, 9.17) is 4.74 Å². The Morgan fingerprint density at radius 3 is 2.96 bits per heavy atom. The van der Waals surface area contributed by atoms with E-state index in [2.05, 4.69) is 4.98 Å². The number of pyridine rings is 1. The molecule has 4 rings (SSSR count). The monoisotopic (exact) mass is 348 g/mol. The summed E-state index contributed by atoms with van der Waals surface area (Å²) in [7, 11) is 0. The number of hydrogen-bond acceptors (Lipinski definition) is 4. The van der Waals surface area contributed by atoms with Gasteiger partial charge in [-0.25, -0.2) is 0 Å². The number of phenolic OH excluding ortho intramolecular Hbond substituents is 1. The normalized spacial score (nSPS) is 17.4. The number of amides is 1. The van der Waals surface area contributed by atoms with E-state index >= 15 is 0 Å². The molecule has 5 heteroatoms. The Balaban J connectivity index is 1.46. The second-order valence-corrected chi connectivity index (χ2v) is 6.51. The van der Waals surface area contributed by atoms with Crippen LogP contribution < -0.4 is 0 Å². The van der Waals surface area contributed by atoms with Crippen LogP contribution in [0.15, 0.2) is 60.8 Å². The molecule has 0 spiro atoms. The zero-order valence-corrected chi connectivity index (χ0v) is 14.3. The number of para-hydroxylation sites is 1. The summed E-state index contributed by atoms with van der Waals surface area (Å²) >= 11 is 0. The smallest absolute Gasteiger partial charge is 0.227 e. The number of phenols is 1. The topological polar surface area (TPSA) is 62.7 Å². The molecule has 1 amide bonds. The highest BCUT2D eigenvalue weighted by Gasteiger charge is 2.25. The second-order valence-electron chi connectivity index (χ2n) is 6.51. The molecular formula is C21H20N2O3. The van der Waals surface area contributed by atoms with Crippen molar-refractivity contribution in [2.24, 2.45) is 0 Å². The van der Waals surface area contributed by atoms with Crippen LogP contribution >= 0.6 is 0 Å². The number of aromatic hydroxyl groups is 1. The Labute approximate surface area is 151 Å².